The summed E-state index contributed by atoms with van der Waals surface area (Å²) < 4.78 is 0. The number of piperidine rings is 1. The van der Waals surface area contributed by atoms with Crippen molar-refractivity contribution < 1.29 is 15.0 Å². The lowest BCUT2D eigenvalue weighted by Crippen LogP contribution is -2.91. The molecule has 1 fully saturated rings. The molecule has 2 aromatic heterocycles. The number of aromatic nitrogens is 1. The number of nitrogens with two attached hydrogens (primary N) is 1. The van der Waals surface area contributed by atoms with Crippen LogP contribution in [0.15, 0.2) is 28.0 Å². The fourth-order valence-electron chi connectivity index (χ4n) is 4.74. The van der Waals surface area contributed by atoms with Crippen LogP contribution >= 0.6 is 34.5 Å². The zero-order valence-electron chi connectivity index (χ0n) is 21.0. The summed E-state index contributed by atoms with van der Waals surface area (Å²) in [5.74, 6) is -0.180. The van der Waals surface area contributed by atoms with Crippen LogP contribution in [-0.2, 0) is 11.3 Å². The highest BCUT2D eigenvalue weighted by atomic mass is 35.5. The van der Waals surface area contributed by atoms with Gasteiger partial charge >= 0.3 is 0 Å². The van der Waals surface area contributed by atoms with Crippen LogP contribution in [0.5, 0.6) is 0 Å². The van der Waals surface area contributed by atoms with E-state index in [2.05, 4.69) is 44.2 Å². The maximum absolute atomic E-state index is 13.2. The molecule has 0 aromatic carbocycles. The minimum absolute atomic E-state index is 0.0611. The van der Waals surface area contributed by atoms with Crippen LogP contribution in [-0.4, -0.2) is 76.3 Å². The smallest absolute Gasteiger partial charge is 0.254 e. The largest absolute Gasteiger partial charge is 0.352 e. The van der Waals surface area contributed by atoms with E-state index < -0.39 is 0 Å². The molecule has 2 aromatic rings. The number of amides is 2. The van der Waals surface area contributed by atoms with Gasteiger partial charge in [0.1, 0.15) is 16.9 Å². The highest BCUT2D eigenvalue weighted by Crippen LogP contribution is 2.23. The van der Waals surface area contributed by atoms with Crippen LogP contribution in [0.3, 0.4) is 0 Å². The number of hydrogen-bond acceptors (Lipinski definition) is 8. The lowest BCUT2D eigenvalue weighted by Gasteiger charge is -2.41. The normalized spacial score (nSPS) is 17.2. The number of halogens is 2. The first kappa shape index (κ1) is 27.7. The number of quaternary nitrogens is 1. The van der Waals surface area contributed by atoms with Crippen LogP contribution in [0.4, 0.5) is 0 Å². The summed E-state index contributed by atoms with van der Waals surface area (Å²) in [7, 11) is 0. The molecule has 2 amide bonds. The summed E-state index contributed by atoms with van der Waals surface area (Å²) in [6, 6.07) is 4.18. The molecule has 4 heterocycles. The number of aryl methyl sites for hydroxylation is 1. The minimum atomic E-state index is -0.241. The van der Waals surface area contributed by atoms with Gasteiger partial charge in [-0.1, -0.05) is 28.7 Å². The Bertz CT molecular complexity index is 1090. The Morgan fingerprint density at radius 2 is 2.14 bits per heavy atom. The van der Waals surface area contributed by atoms with Gasteiger partial charge in [-0.05, 0) is 67.1 Å². The zero-order valence-corrected chi connectivity index (χ0v) is 23.3. The molecule has 0 radical (unpaired) electrons. The van der Waals surface area contributed by atoms with Gasteiger partial charge in [-0.15, -0.1) is 5.10 Å². The molecule has 0 spiro atoms. The second-order valence-corrected chi connectivity index (χ2v) is 10.9. The predicted molar refractivity (Wildman–Crippen MR) is 145 cm³/mol. The quantitative estimate of drug-likeness (QED) is 0.299. The van der Waals surface area contributed by atoms with Gasteiger partial charge in [0.2, 0.25) is 12.2 Å². The van der Waals surface area contributed by atoms with Gasteiger partial charge in [0.15, 0.2) is 0 Å². The van der Waals surface area contributed by atoms with Crippen LogP contribution in [0, 0.1) is 6.92 Å². The number of hydrazine groups is 1. The first-order valence-corrected chi connectivity index (χ1v) is 14.1. The molecule has 13 heteroatoms. The Balaban J connectivity index is 1.27. The molecule has 1 atom stereocenters. The Morgan fingerprint density at radius 1 is 1.35 bits per heavy atom. The van der Waals surface area contributed by atoms with Gasteiger partial charge in [-0.25, -0.2) is 10.4 Å². The van der Waals surface area contributed by atoms with Crippen molar-refractivity contribution in [2.75, 3.05) is 26.2 Å². The van der Waals surface area contributed by atoms with Crippen LogP contribution in [0.25, 0.3) is 0 Å². The number of pyridine rings is 1. The van der Waals surface area contributed by atoms with E-state index in [0.717, 1.165) is 37.9 Å². The lowest BCUT2D eigenvalue weighted by atomic mass is 10.00. The van der Waals surface area contributed by atoms with Crippen LogP contribution in [0.2, 0.25) is 10.3 Å². The number of likely N-dealkylation sites (tertiary alicyclic amines) is 1. The van der Waals surface area contributed by atoms with Gasteiger partial charge in [0.25, 0.3) is 5.91 Å². The lowest BCUT2D eigenvalue weighted by molar-refractivity contribution is -0.612. The summed E-state index contributed by atoms with van der Waals surface area (Å²) in [5.41, 5.74) is 6.88. The van der Waals surface area contributed by atoms with E-state index in [9.17, 15) is 9.59 Å². The highest BCUT2D eigenvalue weighted by Gasteiger charge is 2.31. The van der Waals surface area contributed by atoms with Crippen molar-refractivity contribution >= 4 is 52.7 Å². The van der Waals surface area contributed by atoms with E-state index in [1.807, 2.05) is 10.3 Å². The molecular formula is C24H33Cl2N8O2S+. The molecule has 10 nitrogen and oxygen atoms in total. The summed E-state index contributed by atoms with van der Waals surface area (Å²) in [4.78, 5) is 34.3. The SMILES string of the molecule is Cc1cc(Cl)nc(Cl)c1C(=O)NCC[C@@H](C)N1CCC(N(Cc2ccsc2)C(=O)CN2N=C[NH2+]N2)CC1. The monoisotopic (exact) mass is 567 g/mol. The second-order valence-electron chi connectivity index (χ2n) is 9.36. The Morgan fingerprint density at radius 3 is 2.78 bits per heavy atom. The second kappa shape index (κ2) is 13.0. The van der Waals surface area contributed by atoms with Gasteiger partial charge in [-0.2, -0.15) is 16.5 Å². The third-order valence-corrected chi connectivity index (χ3v) is 8.02. The molecule has 0 bridgehead atoms. The molecule has 0 saturated carbocycles. The standard InChI is InChI=1S/C24H32Cl2N8O2S/c1-16-11-20(25)30-23(26)22(16)24(36)27-7-3-17(2)32-8-4-19(5-9-32)33(12-18-6-10-37-14-18)21(35)13-34-29-15-28-31-34/h6,10-11,14-15,17,19,31H,3-5,7-9,12-13H2,1-2H3,(H,27,36)(H,28,29)/p+1/t17-/m1/s1. The summed E-state index contributed by atoms with van der Waals surface area (Å²) >= 11 is 13.7. The molecule has 4 rings (SSSR count). The molecule has 0 unspecified atom stereocenters. The van der Waals surface area contributed by atoms with E-state index in [-0.39, 0.29) is 34.7 Å². The van der Waals surface area contributed by atoms with Crippen molar-refractivity contribution in [2.24, 2.45) is 5.10 Å². The number of hydrogen-bond donors (Lipinski definition) is 3. The maximum Gasteiger partial charge on any atom is 0.254 e. The number of nitrogens with zero attached hydrogens (tertiary/aromatic N) is 5. The molecule has 1 saturated heterocycles. The van der Waals surface area contributed by atoms with E-state index >= 15 is 0 Å². The predicted octanol–water partition coefficient (Wildman–Crippen LogP) is 2.00. The summed E-state index contributed by atoms with van der Waals surface area (Å²) in [6.07, 6.45) is 4.25. The topological polar surface area (TPSA) is 110 Å². The first-order chi connectivity index (χ1) is 17.8. The van der Waals surface area contributed by atoms with Crippen molar-refractivity contribution in [1.82, 2.24) is 30.8 Å². The van der Waals surface area contributed by atoms with Gasteiger partial charge in [-0.3, -0.25) is 9.59 Å². The number of carbonyl (C=O) groups is 2. The Hall–Kier alpha value is -2.28. The first-order valence-electron chi connectivity index (χ1n) is 12.4. The van der Waals surface area contributed by atoms with E-state index in [0.29, 0.717) is 30.3 Å². The van der Waals surface area contributed by atoms with Gasteiger partial charge in [0.05, 0.1) is 5.56 Å². The average Bonchev–Trinajstić information content (AvgIpc) is 3.56. The molecule has 2 aliphatic rings. The van der Waals surface area contributed by atoms with E-state index in [1.165, 1.54) is 0 Å². The minimum Gasteiger partial charge on any atom is -0.352 e. The molecule has 4 N–H and O–H groups in total. The fraction of sp³-hybridized carbons (Fsp3) is 0.500. The zero-order chi connectivity index (χ0) is 26.4. The van der Waals surface area contributed by atoms with Crippen molar-refractivity contribution in [3.63, 3.8) is 0 Å². The van der Waals surface area contributed by atoms with Crippen molar-refractivity contribution in [3.05, 3.63) is 49.9 Å². The molecular weight excluding hydrogens is 535 g/mol. The van der Waals surface area contributed by atoms with Gasteiger partial charge < -0.3 is 15.1 Å². The summed E-state index contributed by atoms with van der Waals surface area (Å²) in [6.45, 7) is 7.09. The Kier molecular flexibility index (Phi) is 9.74. The number of thiophene rings is 1. The molecule has 2 aliphatic heterocycles. The third kappa shape index (κ3) is 7.40. The summed E-state index contributed by atoms with van der Waals surface area (Å²) in [5, 5.41) is 13.2. The van der Waals surface area contributed by atoms with E-state index in [1.54, 1.807) is 41.2 Å². The Labute approximate surface area is 230 Å². The molecule has 200 valence electrons. The maximum atomic E-state index is 13.2. The van der Waals surface area contributed by atoms with Crippen molar-refractivity contribution in [2.45, 2.75) is 51.7 Å². The van der Waals surface area contributed by atoms with Crippen molar-refractivity contribution in [3.8, 4) is 0 Å². The molecule has 37 heavy (non-hydrogen) atoms. The number of hydrazone groups is 1. The third-order valence-electron chi connectivity index (χ3n) is 6.82. The fourth-order valence-corrected chi connectivity index (χ4v) is 6.02. The van der Waals surface area contributed by atoms with Crippen LogP contribution < -0.4 is 16.3 Å². The van der Waals surface area contributed by atoms with Gasteiger partial charge in [0, 0.05) is 38.3 Å². The van der Waals surface area contributed by atoms with Crippen molar-refractivity contribution in [1.29, 1.82) is 0 Å². The number of rotatable bonds is 10. The molecule has 0 aliphatic carbocycles. The number of carbonyl (C=O) groups excluding carboxylic acids is 2. The van der Waals surface area contributed by atoms with E-state index in [4.69, 9.17) is 23.2 Å². The highest BCUT2D eigenvalue weighted by molar-refractivity contribution is 7.07. The average molecular weight is 569 g/mol. The number of nitrogens with one attached hydrogen (secondary N) is 2. The van der Waals surface area contributed by atoms with Crippen LogP contribution in [0.1, 0.15) is 47.7 Å².